The molecule has 82 valence electrons. The Hall–Kier alpha value is -0.860. The predicted molar refractivity (Wildman–Crippen MR) is 55.0 cm³/mol. The molecule has 0 aliphatic carbocycles. The molecule has 3 nitrogen and oxygen atoms in total. The maximum absolute atomic E-state index is 11.0. The minimum atomic E-state index is -0.381. The van der Waals surface area contributed by atoms with Gasteiger partial charge in [0.15, 0.2) is 0 Å². The molecule has 0 amide bonds. The topological polar surface area (TPSA) is 43.4 Å². The van der Waals surface area contributed by atoms with Crippen molar-refractivity contribution < 1.29 is 14.3 Å². The highest BCUT2D eigenvalue weighted by atomic mass is 16.5. The lowest BCUT2D eigenvalue weighted by atomic mass is 10.2. The van der Waals surface area contributed by atoms with Crippen LogP contribution in [0, 0.1) is 0 Å². The third-order valence-electron chi connectivity index (χ3n) is 2.00. The lowest BCUT2D eigenvalue weighted by molar-refractivity contribution is -0.146. The van der Waals surface area contributed by atoms with Crippen molar-refractivity contribution in [3.05, 3.63) is 0 Å². The van der Waals surface area contributed by atoms with Gasteiger partial charge in [-0.25, -0.2) is 0 Å². The summed E-state index contributed by atoms with van der Waals surface area (Å²) in [6, 6.07) is 0. The molecule has 0 rings (SSSR count). The molecule has 0 aliphatic rings. The molecular weight excluding hydrogens is 180 g/mol. The summed E-state index contributed by atoms with van der Waals surface area (Å²) in [7, 11) is 0. The van der Waals surface area contributed by atoms with Crippen LogP contribution in [0.25, 0.3) is 0 Å². The Morgan fingerprint density at radius 3 is 2.36 bits per heavy atom. The maximum Gasteiger partial charge on any atom is 0.313 e. The largest absolute Gasteiger partial charge is 0.465 e. The van der Waals surface area contributed by atoms with Crippen LogP contribution in [-0.2, 0) is 14.3 Å². The standard InChI is InChI=1S/C11H20O3/c1-3-5-6-7-8-14-11(13)9-10(12)4-2/h3-9H2,1-2H3. The van der Waals surface area contributed by atoms with Crippen molar-refractivity contribution in [1.29, 1.82) is 0 Å². The first-order valence-electron chi connectivity index (χ1n) is 5.38. The number of carbonyl (C=O) groups is 2. The summed E-state index contributed by atoms with van der Waals surface area (Å²) >= 11 is 0. The Morgan fingerprint density at radius 1 is 1.07 bits per heavy atom. The first-order valence-corrected chi connectivity index (χ1v) is 5.38. The molecule has 3 heteroatoms. The number of hydrogen-bond donors (Lipinski definition) is 0. The number of Topliss-reactive ketones (excluding diaryl/α,β-unsaturated/α-hetero) is 1. The summed E-state index contributed by atoms with van der Waals surface area (Å²) in [4.78, 5) is 21.9. The van der Waals surface area contributed by atoms with Crippen molar-refractivity contribution in [2.45, 2.75) is 52.4 Å². The number of hydrogen-bond acceptors (Lipinski definition) is 3. The number of unbranched alkanes of at least 4 members (excludes halogenated alkanes) is 3. The summed E-state index contributed by atoms with van der Waals surface area (Å²) in [6.07, 6.45) is 4.67. The summed E-state index contributed by atoms with van der Waals surface area (Å²) in [6.45, 7) is 4.33. The van der Waals surface area contributed by atoms with Crippen LogP contribution in [-0.4, -0.2) is 18.4 Å². The van der Waals surface area contributed by atoms with Gasteiger partial charge in [-0.15, -0.1) is 0 Å². The minimum Gasteiger partial charge on any atom is -0.465 e. The van der Waals surface area contributed by atoms with E-state index in [1.165, 1.54) is 12.8 Å². The Morgan fingerprint density at radius 2 is 1.79 bits per heavy atom. The molecule has 0 aromatic heterocycles. The molecule has 0 saturated carbocycles. The van der Waals surface area contributed by atoms with Crippen LogP contribution >= 0.6 is 0 Å². The van der Waals surface area contributed by atoms with Gasteiger partial charge in [0.1, 0.15) is 12.2 Å². The number of ketones is 1. The van der Waals surface area contributed by atoms with Gasteiger partial charge in [-0.05, 0) is 6.42 Å². The monoisotopic (exact) mass is 200 g/mol. The molecule has 0 fully saturated rings. The van der Waals surface area contributed by atoms with Crippen molar-refractivity contribution in [3.8, 4) is 0 Å². The third kappa shape index (κ3) is 7.77. The zero-order valence-corrected chi connectivity index (χ0v) is 9.17. The molecule has 0 bridgehead atoms. The summed E-state index contributed by atoms with van der Waals surface area (Å²) in [5.74, 6) is -0.433. The van der Waals surface area contributed by atoms with E-state index in [9.17, 15) is 9.59 Å². The smallest absolute Gasteiger partial charge is 0.313 e. The molecular formula is C11H20O3. The normalized spacial score (nSPS) is 9.86. The van der Waals surface area contributed by atoms with Crippen molar-refractivity contribution >= 4 is 11.8 Å². The zero-order chi connectivity index (χ0) is 10.8. The van der Waals surface area contributed by atoms with Gasteiger partial charge in [0.05, 0.1) is 6.61 Å². The second-order valence-electron chi connectivity index (χ2n) is 3.35. The molecule has 14 heavy (non-hydrogen) atoms. The molecule has 0 heterocycles. The van der Waals surface area contributed by atoms with Gasteiger partial charge in [0.2, 0.25) is 0 Å². The van der Waals surface area contributed by atoms with Crippen LogP contribution in [0.1, 0.15) is 52.4 Å². The molecule has 0 aromatic carbocycles. The number of carbonyl (C=O) groups excluding carboxylic acids is 2. The van der Waals surface area contributed by atoms with Gasteiger partial charge in [0, 0.05) is 6.42 Å². The van der Waals surface area contributed by atoms with E-state index in [4.69, 9.17) is 4.74 Å². The zero-order valence-electron chi connectivity index (χ0n) is 9.17. The number of esters is 1. The molecule has 0 radical (unpaired) electrons. The molecule has 0 saturated heterocycles. The average molecular weight is 200 g/mol. The van der Waals surface area contributed by atoms with Gasteiger partial charge < -0.3 is 4.74 Å². The van der Waals surface area contributed by atoms with Gasteiger partial charge in [-0.2, -0.15) is 0 Å². The third-order valence-corrected chi connectivity index (χ3v) is 2.00. The van der Waals surface area contributed by atoms with Crippen molar-refractivity contribution in [1.82, 2.24) is 0 Å². The van der Waals surface area contributed by atoms with Crippen LogP contribution < -0.4 is 0 Å². The van der Waals surface area contributed by atoms with Crippen molar-refractivity contribution in [2.75, 3.05) is 6.61 Å². The van der Waals surface area contributed by atoms with Crippen LogP contribution in [0.3, 0.4) is 0 Å². The molecule has 0 unspecified atom stereocenters. The second-order valence-corrected chi connectivity index (χ2v) is 3.35. The van der Waals surface area contributed by atoms with E-state index in [2.05, 4.69) is 6.92 Å². The van der Waals surface area contributed by atoms with E-state index in [1.54, 1.807) is 6.92 Å². The number of ether oxygens (including phenoxy) is 1. The summed E-state index contributed by atoms with van der Waals surface area (Å²) in [5, 5.41) is 0. The molecule has 0 aliphatic heterocycles. The van der Waals surface area contributed by atoms with Gasteiger partial charge in [-0.3, -0.25) is 9.59 Å². The first kappa shape index (κ1) is 13.1. The predicted octanol–water partition coefficient (Wildman–Crippen LogP) is 2.48. The molecule has 0 atom stereocenters. The second kappa shape index (κ2) is 8.73. The minimum absolute atomic E-state index is 0.0523. The number of rotatable bonds is 8. The van der Waals surface area contributed by atoms with Crippen LogP contribution in [0.15, 0.2) is 0 Å². The van der Waals surface area contributed by atoms with E-state index in [0.717, 1.165) is 12.8 Å². The van der Waals surface area contributed by atoms with E-state index < -0.39 is 0 Å². The van der Waals surface area contributed by atoms with E-state index >= 15 is 0 Å². The van der Waals surface area contributed by atoms with Crippen molar-refractivity contribution in [2.24, 2.45) is 0 Å². The van der Waals surface area contributed by atoms with Crippen molar-refractivity contribution in [3.63, 3.8) is 0 Å². The van der Waals surface area contributed by atoms with E-state index in [1.807, 2.05) is 0 Å². The fraction of sp³-hybridized carbons (Fsp3) is 0.818. The Kier molecular flexibility index (Phi) is 8.19. The van der Waals surface area contributed by atoms with E-state index in [0.29, 0.717) is 13.0 Å². The van der Waals surface area contributed by atoms with E-state index in [-0.39, 0.29) is 18.2 Å². The SMILES string of the molecule is CCCCCCOC(=O)CC(=O)CC. The van der Waals surface area contributed by atoms with Gasteiger partial charge in [0.25, 0.3) is 0 Å². The molecule has 0 N–H and O–H groups in total. The quantitative estimate of drug-likeness (QED) is 0.343. The highest BCUT2D eigenvalue weighted by Crippen LogP contribution is 2.00. The van der Waals surface area contributed by atoms with Crippen LogP contribution in [0.5, 0.6) is 0 Å². The Labute approximate surface area is 85.8 Å². The van der Waals surface area contributed by atoms with Crippen LogP contribution in [0.2, 0.25) is 0 Å². The Bertz CT molecular complexity index is 175. The highest BCUT2D eigenvalue weighted by Gasteiger charge is 2.07. The molecule has 0 aromatic rings. The fourth-order valence-electron chi connectivity index (χ4n) is 1.05. The van der Waals surface area contributed by atoms with Gasteiger partial charge >= 0.3 is 5.97 Å². The lowest BCUT2D eigenvalue weighted by Crippen LogP contribution is -2.11. The summed E-state index contributed by atoms with van der Waals surface area (Å²) in [5.41, 5.74) is 0. The Balaban J connectivity index is 3.31. The maximum atomic E-state index is 11.0. The average Bonchev–Trinajstić information content (AvgIpc) is 2.17. The van der Waals surface area contributed by atoms with Gasteiger partial charge in [-0.1, -0.05) is 33.1 Å². The first-order chi connectivity index (χ1) is 6.70. The highest BCUT2D eigenvalue weighted by molar-refractivity contribution is 5.95. The van der Waals surface area contributed by atoms with Crippen LogP contribution in [0.4, 0.5) is 0 Å². The molecule has 0 spiro atoms. The fourth-order valence-corrected chi connectivity index (χ4v) is 1.05. The summed E-state index contributed by atoms with van der Waals surface area (Å²) < 4.78 is 4.90. The lowest BCUT2D eigenvalue weighted by Gasteiger charge is -2.03.